The van der Waals surface area contributed by atoms with Gasteiger partial charge in [0.15, 0.2) is 0 Å². The van der Waals surface area contributed by atoms with Crippen LogP contribution in [-0.2, 0) is 4.79 Å². The summed E-state index contributed by atoms with van der Waals surface area (Å²) in [6.45, 7) is 8.78. The highest BCUT2D eigenvalue weighted by Crippen LogP contribution is 2.32. The van der Waals surface area contributed by atoms with E-state index >= 15 is 0 Å². The summed E-state index contributed by atoms with van der Waals surface area (Å²) in [5.41, 5.74) is 0. The lowest BCUT2D eigenvalue weighted by Crippen LogP contribution is -2.41. The normalized spacial score (nSPS) is 38.4. The summed E-state index contributed by atoms with van der Waals surface area (Å²) in [5.74, 6) is 1.69. The number of amides is 1. The number of hydrogen-bond donors (Lipinski definition) is 1. The van der Waals surface area contributed by atoms with E-state index in [2.05, 4.69) is 37.9 Å². The molecule has 1 aliphatic carbocycles. The van der Waals surface area contributed by atoms with Crippen molar-refractivity contribution in [2.75, 3.05) is 0 Å². The number of carbonyl (C=O) groups excluding carboxylic acids is 1. The van der Waals surface area contributed by atoms with Gasteiger partial charge in [-0.1, -0.05) is 20.8 Å². The Morgan fingerprint density at radius 1 is 1.35 bits per heavy atom. The highest BCUT2D eigenvalue weighted by molar-refractivity contribution is 5.84. The van der Waals surface area contributed by atoms with Crippen LogP contribution in [0.1, 0.15) is 53.4 Å². The van der Waals surface area contributed by atoms with Crippen molar-refractivity contribution in [3.8, 4) is 0 Å². The van der Waals surface area contributed by atoms with Gasteiger partial charge in [0.2, 0.25) is 5.91 Å². The second-order valence-electron chi connectivity index (χ2n) is 6.34. The predicted octanol–water partition coefficient (Wildman–Crippen LogP) is 2.37. The number of nitrogens with zero attached hydrogens (tertiary/aromatic N) is 1. The molecule has 3 heteroatoms. The third kappa shape index (κ3) is 2.65. The SMILES string of the molecule is CC(C)CC1NC(C)N(C2CCC(C)C2)C1=O. The summed E-state index contributed by atoms with van der Waals surface area (Å²) >= 11 is 0. The van der Waals surface area contributed by atoms with Gasteiger partial charge < -0.3 is 4.90 Å². The van der Waals surface area contributed by atoms with Crippen molar-refractivity contribution in [2.45, 2.75) is 71.6 Å². The van der Waals surface area contributed by atoms with E-state index in [0.717, 1.165) is 12.3 Å². The van der Waals surface area contributed by atoms with Crippen molar-refractivity contribution in [3.05, 3.63) is 0 Å². The minimum atomic E-state index is 0.0564. The molecule has 1 N–H and O–H groups in total. The van der Waals surface area contributed by atoms with E-state index in [9.17, 15) is 4.79 Å². The van der Waals surface area contributed by atoms with Gasteiger partial charge >= 0.3 is 0 Å². The molecular weight excluding hydrogens is 212 g/mol. The van der Waals surface area contributed by atoms with Crippen LogP contribution in [0.2, 0.25) is 0 Å². The van der Waals surface area contributed by atoms with Crippen molar-refractivity contribution < 1.29 is 4.79 Å². The van der Waals surface area contributed by atoms with Crippen molar-refractivity contribution in [2.24, 2.45) is 11.8 Å². The molecule has 1 aliphatic heterocycles. The zero-order chi connectivity index (χ0) is 12.6. The number of rotatable bonds is 3. The van der Waals surface area contributed by atoms with Crippen LogP contribution in [0.5, 0.6) is 0 Å². The largest absolute Gasteiger partial charge is 0.323 e. The first-order chi connectivity index (χ1) is 7.99. The molecule has 2 fully saturated rings. The maximum Gasteiger partial charge on any atom is 0.241 e. The van der Waals surface area contributed by atoms with Gasteiger partial charge in [-0.2, -0.15) is 0 Å². The van der Waals surface area contributed by atoms with Crippen LogP contribution in [0.15, 0.2) is 0 Å². The molecule has 1 saturated heterocycles. The van der Waals surface area contributed by atoms with Crippen LogP contribution in [0.25, 0.3) is 0 Å². The number of carbonyl (C=O) groups is 1. The van der Waals surface area contributed by atoms with E-state index < -0.39 is 0 Å². The number of hydrogen-bond acceptors (Lipinski definition) is 2. The van der Waals surface area contributed by atoms with Gasteiger partial charge in [-0.25, -0.2) is 0 Å². The van der Waals surface area contributed by atoms with Gasteiger partial charge in [0.1, 0.15) is 0 Å². The molecule has 2 rings (SSSR count). The summed E-state index contributed by atoms with van der Waals surface area (Å²) < 4.78 is 0. The molecule has 0 bridgehead atoms. The Kier molecular flexibility index (Phi) is 3.76. The van der Waals surface area contributed by atoms with Gasteiger partial charge in [-0.05, 0) is 44.4 Å². The molecule has 0 spiro atoms. The molecule has 2 aliphatic rings. The fourth-order valence-electron chi connectivity index (χ4n) is 3.38. The molecule has 1 saturated carbocycles. The summed E-state index contributed by atoms with van der Waals surface area (Å²) in [6, 6.07) is 0.540. The summed E-state index contributed by atoms with van der Waals surface area (Å²) in [7, 11) is 0. The Balaban J connectivity index is 2.01. The molecule has 4 unspecified atom stereocenters. The topological polar surface area (TPSA) is 32.3 Å². The molecule has 4 atom stereocenters. The minimum Gasteiger partial charge on any atom is -0.323 e. The molecule has 1 heterocycles. The molecule has 17 heavy (non-hydrogen) atoms. The quantitative estimate of drug-likeness (QED) is 0.818. The lowest BCUT2D eigenvalue weighted by Gasteiger charge is -2.28. The maximum absolute atomic E-state index is 12.4. The fraction of sp³-hybridized carbons (Fsp3) is 0.929. The Morgan fingerprint density at radius 3 is 2.59 bits per heavy atom. The average molecular weight is 238 g/mol. The van der Waals surface area contributed by atoms with Crippen molar-refractivity contribution in [3.63, 3.8) is 0 Å². The fourth-order valence-corrected chi connectivity index (χ4v) is 3.38. The van der Waals surface area contributed by atoms with Crippen molar-refractivity contribution in [1.82, 2.24) is 10.2 Å². The van der Waals surface area contributed by atoms with Crippen LogP contribution >= 0.6 is 0 Å². The van der Waals surface area contributed by atoms with Crippen LogP contribution in [0, 0.1) is 11.8 Å². The molecule has 3 nitrogen and oxygen atoms in total. The van der Waals surface area contributed by atoms with Crippen LogP contribution in [0.4, 0.5) is 0 Å². The highest BCUT2D eigenvalue weighted by atomic mass is 16.2. The van der Waals surface area contributed by atoms with Crippen molar-refractivity contribution >= 4 is 5.91 Å². The average Bonchev–Trinajstić information content (AvgIpc) is 2.72. The van der Waals surface area contributed by atoms with E-state index in [1.165, 1.54) is 19.3 Å². The maximum atomic E-state index is 12.4. The predicted molar refractivity (Wildman–Crippen MR) is 69.5 cm³/mol. The second kappa shape index (κ2) is 4.97. The standard InChI is InChI=1S/C14H26N2O/c1-9(2)7-13-14(17)16(11(4)15-13)12-6-5-10(3)8-12/h9-13,15H,5-8H2,1-4H3. The summed E-state index contributed by atoms with van der Waals surface area (Å²) in [5, 5.41) is 3.45. The lowest BCUT2D eigenvalue weighted by molar-refractivity contribution is -0.132. The van der Waals surface area contributed by atoms with Gasteiger partial charge in [-0.3, -0.25) is 10.1 Å². The third-order valence-corrected chi connectivity index (χ3v) is 4.18. The molecule has 0 aromatic rings. The highest BCUT2D eigenvalue weighted by Gasteiger charge is 2.41. The van der Waals surface area contributed by atoms with Gasteiger partial charge in [0.25, 0.3) is 0 Å². The van der Waals surface area contributed by atoms with Gasteiger partial charge in [0, 0.05) is 6.04 Å². The van der Waals surface area contributed by atoms with Crippen LogP contribution in [0.3, 0.4) is 0 Å². The smallest absolute Gasteiger partial charge is 0.241 e. The molecule has 0 radical (unpaired) electrons. The number of nitrogens with one attached hydrogen (secondary N) is 1. The lowest BCUT2D eigenvalue weighted by atomic mass is 10.0. The third-order valence-electron chi connectivity index (χ3n) is 4.18. The first kappa shape index (κ1) is 12.9. The first-order valence-electron chi connectivity index (χ1n) is 7.07. The second-order valence-corrected chi connectivity index (χ2v) is 6.34. The Hall–Kier alpha value is -0.570. The molecule has 0 aromatic carbocycles. The molecule has 0 aromatic heterocycles. The summed E-state index contributed by atoms with van der Waals surface area (Å²) in [6.07, 6.45) is 4.83. The Morgan fingerprint density at radius 2 is 2.06 bits per heavy atom. The monoisotopic (exact) mass is 238 g/mol. The first-order valence-corrected chi connectivity index (χ1v) is 7.07. The van der Waals surface area contributed by atoms with Crippen molar-refractivity contribution in [1.29, 1.82) is 0 Å². The van der Waals surface area contributed by atoms with Gasteiger partial charge in [-0.15, -0.1) is 0 Å². The minimum absolute atomic E-state index is 0.0564. The van der Waals surface area contributed by atoms with Crippen LogP contribution in [-0.4, -0.2) is 29.1 Å². The summed E-state index contributed by atoms with van der Waals surface area (Å²) in [4.78, 5) is 14.5. The Bertz CT molecular complexity index is 290. The Labute approximate surface area is 105 Å². The molecule has 98 valence electrons. The van der Waals surface area contributed by atoms with E-state index in [4.69, 9.17) is 0 Å². The van der Waals surface area contributed by atoms with E-state index in [-0.39, 0.29) is 12.2 Å². The van der Waals surface area contributed by atoms with Crippen LogP contribution < -0.4 is 5.32 Å². The molecular formula is C14H26N2O. The van der Waals surface area contributed by atoms with E-state index in [1.54, 1.807) is 0 Å². The zero-order valence-corrected chi connectivity index (χ0v) is 11.6. The van der Waals surface area contributed by atoms with E-state index in [1.807, 2.05) is 0 Å². The zero-order valence-electron chi connectivity index (χ0n) is 11.6. The van der Waals surface area contributed by atoms with Gasteiger partial charge in [0.05, 0.1) is 12.2 Å². The van der Waals surface area contributed by atoms with E-state index in [0.29, 0.717) is 17.9 Å². The molecule has 1 amide bonds.